The van der Waals surface area contributed by atoms with Gasteiger partial charge in [0, 0.05) is 5.56 Å². The number of carbonyl (C=O) groups is 1. The minimum Gasteiger partial charge on any atom is -0.478 e. The van der Waals surface area contributed by atoms with Crippen molar-refractivity contribution < 1.29 is 9.53 Å². The molecule has 0 amide bonds. The van der Waals surface area contributed by atoms with Gasteiger partial charge in [0.25, 0.3) is 5.24 Å². The number of hydrogen-bond acceptors (Lipinski definition) is 2. The van der Waals surface area contributed by atoms with E-state index in [9.17, 15) is 4.79 Å². The molecule has 64 valence electrons. The lowest BCUT2D eigenvalue weighted by Gasteiger charge is -2.00. The third kappa shape index (κ3) is 2.40. The van der Waals surface area contributed by atoms with Crippen LogP contribution in [0.3, 0.4) is 0 Å². The van der Waals surface area contributed by atoms with Crippen molar-refractivity contribution in [2.45, 2.75) is 0 Å². The van der Waals surface area contributed by atoms with E-state index in [4.69, 9.17) is 27.9 Å². The zero-order valence-electron chi connectivity index (χ0n) is 6.09. The van der Waals surface area contributed by atoms with Gasteiger partial charge in [0.15, 0.2) is 6.07 Å². The first kappa shape index (κ1) is 9.36. The summed E-state index contributed by atoms with van der Waals surface area (Å²) in [4.78, 5) is 10.6. The quantitative estimate of drug-likeness (QED) is 0.560. The highest BCUT2D eigenvalue weighted by molar-refractivity contribution is 6.67. The molecule has 0 saturated heterocycles. The van der Waals surface area contributed by atoms with E-state index in [1.807, 2.05) is 0 Å². The van der Waals surface area contributed by atoms with Gasteiger partial charge in [-0.15, -0.1) is 0 Å². The smallest absolute Gasteiger partial charge is 0.252 e. The van der Waals surface area contributed by atoms with Crippen molar-refractivity contribution in [3.8, 4) is 5.75 Å². The van der Waals surface area contributed by atoms with Gasteiger partial charge in [-0.2, -0.15) is 0 Å². The molecule has 1 aromatic carbocycles. The van der Waals surface area contributed by atoms with Gasteiger partial charge in [-0.3, -0.25) is 4.79 Å². The van der Waals surface area contributed by atoms with Crippen molar-refractivity contribution in [3.05, 3.63) is 29.8 Å². The largest absolute Gasteiger partial charge is 0.478 e. The van der Waals surface area contributed by atoms with Crippen molar-refractivity contribution in [3.63, 3.8) is 0 Å². The minimum atomic E-state index is -0.479. The number of ether oxygens (including phenoxy) is 1. The molecule has 2 nitrogen and oxygen atoms in total. The van der Waals surface area contributed by atoms with Crippen LogP contribution in [0.25, 0.3) is 0 Å². The van der Waals surface area contributed by atoms with E-state index in [1.165, 1.54) is 0 Å². The Balaban J connectivity index is 2.78. The standard InChI is InChI=1S/C8H6Cl2O2/c9-5-12-7-3-1-6(2-4-7)8(10)11/h1-4H,5H2. The van der Waals surface area contributed by atoms with E-state index in [0.29, 0.717) is 11.3 Å². The van der Waals surface area contributed by atoms with Crippen molar-refractivity contribution >= 4 is 28.4 Å². The molecule has 0 aromatic heterocycles. The van der Waals surface area contributed by atoms with E-state index in [1.54, 1.807) is 24.3 Å². The Bertz CT molecular complexity index is 269. The van der Waals surface area contributed by atoms with Gasteiger partial charge in [-0.1, -0.05) is 11.6 Å². The first-order valence-corrected chi connectivity index (χ1v) is 4.14. The fourth-order valence-electron chi connectivity index (χ4n) is 0.745. The van der Waals surface area contributed by atoms with Gasteiger partial charge < -0.3 is 4.74 Å². The molecule has 0 aliphatic rings. The summed E-state index contributed by atoms with van der Waals surface area (Å²) in [5.74, 6) is 0.617. The summed E-state index contributed by atoms with van der Waals surface area (Å²) >= 11 is 10.5. The van der Waals surface area contributed by atoms with Crippen LogP contribution >= 0.6 is 23.2 Å². The van der Waals surface area contributed by atoms with Crippen molar-refractivity contribution in [1.82, 2.24) is 0 Å². The lowest BCUT2D eigenvalue weighted by Crippen LogP contribution is -1.91. The molecular formula is C8H6Cl2O2. The summed E-state index contributed by atoms with van der Waals surface area (Å²) < 4.78 is 4.95. The van der Waals surface area contributed by atoms with Crippen molar-refractivity contribution in [1.29, 1.82) is 0 Å². The predicted octanol–water partition coefficient (Wildman–Crippen LogP) is 2.64. The zero-order valence-corrected chi connectivity index (χ0v) is 7.60. The van der Waals surface area contributed by atoms with Crippen LogP contribution in [0.1, 0.15) is 10.4 Å². The van der Waals surface area contributed by atoms with Crippen LogP contribution in [-0.4, -0.2) is 11.3 Å². The second-order valence-corrected chi connectivity index (χ2v) is 2.61. The summed E-state index contributed by atoms with van der Waals surface area (Å²) in [6.45, 7) is 0. The molecule has 0 heterocycles. The minimum absolute atomic E-state index is 0.0914. The highest BCUT2D eigenvalue weighted by atomic mass is 35.5. The maximum atomic E-state index is 10.6. The normalized spacial score (nSPS) is 9.50. The molecule has 0 bridgehead atoms. The first-order chi connectivity index (χ1) is 5.74. The molecule has 0 radical (unpaired) electrons. The molecule has 0 spiro atoms. The van der Waals surface area contributed by atoms with E-state index < -0.39 is 5.24 Å². The third-order valence-corrected chi connectivity index (χ3v) is 1.63. The highest BCUT2D eigenvalue weighted by Crippen LogP contribution is 2.13. The fourth-order valence-corrected chi connectivity index (χ4v) is 0.997. The van der Waals surface area contributed by atoms with Gasteiger partial charge >= 0.3 is 0 Å². The first-order valence-electron chi connectivity index (χ1n) is 3.22. The monoisotopic (exact) mass is 204 g/mol. The Morgan fingerprint density at radius 2 is 1.92 bits per heavy atom. The van der Waals surface area contributed by atoms with E-state index in [-0.39, 0.29) is 6.07 Å². The summed E-state index contributed by atoms with van der Waals surface area (Å²) in [6.07, 6.45) is 0. The number of rotatable bonds is 3. The Hall–Kier alpha value is -0.730. The van der Waals surface area contributed by atoms with Crippen LogP contribution in [0.5, 0.6) is 5.75 Å². The average molecular weight is 205 g/mol. The summed E-state index contributed by atoms with van der Waals surface area (Å²) in [7, 11) is 0. The summed E-state index contributed by atoms with van der Waals surface area (Å²) in [5.41, 5.74) is 0.443. The number of benzene rings is 1. The van der Waals surface area contributed by atoms with Crippen LogP contribution < -0.4 is 4.74 Å². The Kier molecular flexibility index (Phi) is 3.38. The van der Waals surface area contributed by atoms with E-state index in [0.717, 1.165) is 0 Å². The number of alkyl halides is 1. The van der Waals surface area contributed by atoms with Crippen molar-refractivity contribution in [2.24, 2.45) is 0 Å². The maximum absolute atomic E-state index is 10.6. The molecule has 0 saturated carbocycles. The van der Waals surface area contributed by atoms with Crippen LogP contribution in [0.15, 0.2) is 24.3 Å². The summed E-state index contributed by atoms with van der Waals surface area (Å²) in [6, 6.07) is 6.53. The van der Waals surface area contributed by atoms with Gasteiger partial charge in [-0.05, 0) is 35.9 Å². The highest BCUT2D eigenvalue weighted by Gasteiger charge is 2.00. The second kappa shape index (κ2) is 4.33. The van der Waals surface area contributed by atoms with Crippen LogP contribution in [-0.2, 0) is 0 Å². The topological polar surface area (TPSA) is 26.3 Å². The zero-order chi connectivity index (χ0) is 8.97. The SMILES string of the molecule is O=C(Cl)c1ccc(OCCl)cc1. The van der Waals surface area contributed by atoms with Gasteiger partial charge in [0.2, 0.25) is 0 Å². The number of halogens is 2. The molecule has 12 heavy (non-hydrogen) atoms. The molecule has 0 atom stereocenters. The van der Waals surface area contributed by atoms with Crippen LogP contribution in [0.4, 0.5) is 0 Å². The predicted molar refractivity (Wildman–Crippen MR) is 48.0 cm³/mol. The Morgan fingerprint density at radius 1 is 1.33 bits per heavy atom. The molecule has 1 rings (SSSR count). The number of hydrogen-bond donors (Lipinski definition) is 0. The fraction of sp³-hybridized carbons (Fsp3) is 0.125. The molecule has 0 N–H and O–H groups in total. The molecular weight excluding hydrogens is 199 g/mol. The van der Waals surface area contributed by atoms with E-state index in [2.05, 4.69) is 0 Å². The average Bonchev–Trinajstić information content (AvgIpc) is 2.06. The lowest BCUT2D eigenvalue weighted by molar-refractivity contribution is 0.108. The molecule has 1 aromatic rings. The molecule has 0 fully saturated rings. The second-order valence-electron chi connectivity index (χ2n) is 2.05. The molecule has 0 aliphatic heterocycles. The van der Waals surface area contributed by atoms with E-state index >= 15 is 0 Å². The lowest BCUT2D eigenvalue weighted by atomic mass is 10.2. The molecule has 4 heteroatoms. The van der Waals surface area contributed by atoms with Gasteiger partial charge in [-0.25, -0.2) is 0 Å². The third-order valence-electron chi connectivity index (χ3n) is 1.30. The summed E-state index contributed by atoms with van der Waals surface area (Å²) in [5, 5.41) is -0.479. The van der Waals surface area contributed by atoms with Gasteiger partial charge in [0.1, 0.15) is 5.75 Å². The Morgan fingerprint density at radius 3 is 2.33 bits per heavy atom. The van der Waals surface area contributed by atoms with Gasteiger partial charge in [0.05, 0.1) is 0 Å². The van der Waals surface area contributed by atoms with Crippen LogP contribution in [0, 0.1) is 0 Å². The maximum Gasteiger partial charge on any atom is 0.252 e. The Labute approximate surface area is 80.0 Å². The molecule has 0 unspecified atom stereocenters. The van der Waals surface area contributed by atoms with Crippen molar-refractivity contribution in [2.75, 3.05) is 6.07 Å². The van der Waals surface area contributed by atoms with Crippen LogP contribution in [0.2, 0.25) is 0 Å². The molecule has 0 aliphatic carbocycles. The number of carbonyl (C=O) groups excluding carboxylic acids is 1.